The number of benzene rings is 1. The highest BCUT2D eigenvalue weighted by Crippen LogP contribution is 2.23. The number of aryl methyl sites for hydroxylation is 1. The third kappa shape index (κ3) is 2.71. The molecule has 1 aromatic heterocycles. The van der Waals surface area contributed by atoms with E-state index in [1.165, 1.54) is 0 Å². The molecule has 0 radical (unpaired) electrons. The van der Waals surface area contributed by atoms with Crippen molar-refractivity contribution in [1.82, 2.24) is 9.47 Å². The first-order valence-corrected chi connectivity index (χ1v) is 7.73. The maximum Gasteiger partial charge on any atom is 0.260 e. The van der Waals surface area contributed by atoms with E-state index in [2.05, 4.69) is 0 Å². The van der Waals surface area contributed by atoms with Crippen LogP contribution in [0, 0.1) is 0 Å². The molecule has 2 heterocycles. The summed E-state index contributed by atoms with van der Waals surface area (Å²) in [6.45, 7) is 4.23. The smallest absolute Gasteiger partial charge is 0.260 e. The topological polar surface area (TPSA) is 51.5 Å². The zero-order chi connectivity index (χ0) is 15.5. The number of rotatable bonds is 4. The van der Waals surface area contributed by atoms with E-state index < -0.39 is 0 Å². The molecule has 1 fully saturated rings. The van der Waals surface area contributed by atoms with Gasteiger partial charge in [-0.2, -0.15) is 0 Å². The highest BCUT2D eigenvalue weighted by molar-refractivity contribution is 5.88. The lowest BCUT2D eigenvalue weighted by Crippen LogP contribution is -2.32. The number of likely N-dealkylation sites (tertiary alicyclic amines) is 1. The zero-order valence-electron chi connectivity index (χ0n) is 12.7. The van der Waals surface area contributed by atoms with Gasteiger partial charge in [-0.3, -0.25) is 9.59 Å². The first-order valence-electron chi connectivity index (χ1n) is 7.73. The van der Waals surface area contributed by atoms with Crippen LogP contribution in [0.3, 0.4) is 0 Å². The Hall–Kier alpha value is -2.30. The molecule has 1 aliphatic heterocycles. The zero-order valence-corrected chi connectivity index (χ0v) is 12.7. The molecule has 1 amide bonds. The van der Waals surface area contributed by atoms with E-state index in [-0.39, 0.29) is 18.1 Å². The standard InChI is InChI=1S/C17H20N2O3/c1-2-18-11-8-13-14(17(18)21)6-5-7-15(13)22-12-16(20)19-9-3-4-10-19/h5-8,11H,2-4,9-10,12H2,1H3. The van der Waals surface area contributed by atoms with Crippen molar-refractivity contribution in [3.63, 3.8) is 0 Å². The second kappa shape index (κ2) is 6.22. The molecule has 1 aliphatic rings. The second-order valence-corrected chi connectivity index (χ2v) is 5.50. The van der Waals surface area contributed by atoms with Crippen LogP contribution in [0.25, 0.3) is 10.8 Å². The largest absolute Gasteiger partial charge is 0.483 e. The maximum atomic E-state index is 12.3. The Morgan fingerprint density at radius 2 is 1.95 bits per heavy atom. The Morgan fingerprint density at radius 1 is 1.18 bits per heavy atom. The third-order valence-electron chi connectivity index (χ3n) is 4.13. The van der Waals surface area contributed by atoms with Gasteiger partial charge >= 0.3 is 0 Å². The van der Waals surface area contributed by atoms with Crippen LogP contribution >= 0.6 is 0 Å². The molecule has 22 heavy (non-hydrogen) atoms. The van der Waals surface area contributed by atoms with Crippen LogP contribution < -0.4 is 10.3 Å². The average Bonchev–Trinajstić information content (AvgIpc) is 3.07. The quantitative estimate of drug-likeness (QED) is 0.868. The normalized spacial score (nSPS) is 14.5. The van der Waals surface area contributed by atoms with Gasteiger partial charge in [-0.05, 0) is 38.0 Å². The lowest BCUT2D eigenvalue weighted by Gasteiger charge is -2.16. The van der Waals surface area contributed by atoms with Crippen molar-refractivity contribution in [3.05, 3.63) is 40.8 Å². The van der Waals surface area contributed by atoms with Crippen LogP contribution in [0.15, 0.2) is 35.3 Å². The fraction of sp³-hybridized carbons (Fsp3) is 0.412. The Labute approximate surface area is 129 Å². The number of aromatic nitrogens is 1. The van der Waals surface area contributed by atoms with Gasteiger partial charge in [0, 0.05) is 31.2 Å². The first-order chi connectivity index (χ1) is 10.7. The van der Waals surface area contributed by atoms with Crippen LogP contribution in [0.1, 0.15) is 19.8 Å². The van der Waals surface area contributed by atoms with Crippen molar-refractivity contribution in [2.24, 2.45) is 0 Å². The molecular weight excluding hydrogens is 280 g/mol. The molecule has 1 aromatic carbocycles. The Kier molecular flexibility index (Phi) is 4.13. The second-order valence-electron chi connectivity index (χ2n) is 5.50. The van der Waals surface area contributed by atoms with Crippen molar-refractivity contribution < 1.29 is 9.53 Å². The summed E-state index contributed by atoms with van der Waals surface area (Å²) in [4.78, 5) is 26.2. The van der Waals surface area contributed by atoms with Gasteiger partial charge in [0.15, 0.2) is 6.61 Å². The molecular formula is C17H20N2O3. The number of nitrogens with zero attached hydrogens (tertiary/aromatic N) is 2. The number of fused-ring (bicyclic) bond motifs is 1. The predicted octanol–water partition coefficient (Wildman–Crippen LogP) is 2.02. The van der Waals surface area contributed by atoms with Gasteiger partial charge in [-0.25, -0.2) is 0 Å². The van der Waals surface area contributed by atoms with E-state index in [0.717, 1.165) is 31.3 Å². The van der Waals surface area contributed by atoms with Gasteiger partial charge in [-0.1, -0.05) is 6.07 Å². The lowest BCUT2D eigenvalue weighted by molar-refractivity contribution is -0.132. The maximum absolute atomic E-state index is 12.3. The van der Waals surface area contributed by atoms with E-state index in [4.69, 9.17) is 4.74 Å². The van der Waals surface area contributed by atoms with Crippen molar-refractivity contribution in [2.45, 2.75) is 26.3 Å². The Morgan fingerprint density at radius 3 is 2.68 bits per heavy atom. The van der Waals surface area contributed by atoms with E-state index in [1.54, 1.807) is 29.0 Å². The summed E-state index contributed by atoms with van der Waals surface area (Å²) in [6, 6.07) is 7.25. The van der Waals surface area contributed by atoms with Crippen molar-refractivity contribution in [1.29, 1.82) is 0 Å². The monoisotopic (exact) mass is 300 g/mol. The summed E-state index contributed by atoms with van der Waals surface area (Å²) >= 11 is 0. The SMILES string of the molecule is CCn1ccc2c(OCC(=O)N3CCCC3)cccc2c1=O. The van der Waals surface area contributed by atoms with E-state index in [9.17, 15) is 9.59 Å². The molecule has 0 unspecified atom stereocenters. The molecule has 0 atom stereocenters. The number of amides is 1. The van der Waals surface area contributed by atoms with Crippen LogP contribution in [0.5, 0.6) is 5.75 Å². The minimum absolute atomic E-state index is 0.0106. The van der Waals surface area contributed by atoms with E-state index in [0.29, 0.717) is 17.7 Å². The lowest BCUT2D eigenvalue weighted by atomic mass is 10.1. The predicted molar refractivity (Wildman–Crippen MR) is 85.2 cm³/mol. The fourth-order valence-electron chi connectivity index (χ4n) is 2.86. The number of carbonyl (C=O) groups excluding carboxylic acids is 1. The molecule has 0 N–H and O–H groups in total. The molecule has 5 heteroatoms. The van der Waals surface area contributed by atoms with Gasteiger partial charge in [0.25, 0.3) is 11.5 Å². The van der Waals surface area contributed by atoms with Gasteiger partial charge in [0.1, 0.15) is 5.75 Å². The molecule has 0 saturated carbocycles. The summed E-state index contributed by atoms with van der Waals surface area (Å²) in [5.41, 5.74) is -0.0312. The van der Waals surface area contributed by atoms with E-state index >= 15 is 0 Å². The highest BCUT2D eigenvalue weighted by atomic mass is 16.5. The molecule has 0 spiro atoms. The summed E-state index contributed by atoms with van der Waals surface area (Å²) in [5.74, 6) is 0.599. The fourth-order valence-corrected chi connectivity index (χ4v) is 2.86. The van der Waals surface area contributed by atoms with Crippen LogP contribution in [-0.2, 0) is 11.3 Å². The van der Waals surface area contributed by atoms with Crippen molar-refractivity contribution in [3.8, 4) is 5.75 Å². The van der Waals surface area contributed by atoms with Crippen LogP contribution in [-0.4, -0.2) is 35.1 Å². The van der Waals surface area contributed by atoms with Gasteiger partial charge < -0.3 is 14.2 Å². The summed E-state index contributed by atoms with van der Waals surface area (Å²) in [5, 5.41) is 1.38. The van der Waals surface area contributed by atoms with Crippen LogP contribution in [0.4, 0.5) is 0 Å². The molecule has 1 saturated heterocycles. The summed E-state index contributed by atoms with van der Waals surface area (Å²) < 4.78 is 7.34. The van der Waals surface area contributed by atoms with Crippen molar-refractivity contribution >= 4 is 16.7 Å². The molecule has 3 rings (SSSR count). The molecule has 5 nitrogen and oxygen atoms in total. The highest BCUT2D eigenvalue weighted by Gasteiger charge is 2.18. The Bertz CT molecular complexity index is 745. The van der Waals surface area contributed by atoms with Gasteiger partial charge in [0.05, 0.1) is 5.39 Å². The number of pyridine rings is 1. The Balaban J connectivity index is 1.83. The van der Waals surface area contributed by atoms with Gasteiger partial charge in [-0.15, -0.1) is 0 Å². The third-order valence-corrected chi connectivity index (χ3v) is 4.13. The van der Waals surface area contributed by atoms with Crippen molar-refractivity contribution in [2.75, 3.05) is 19.7 Å². The summed E-state index contributed by atoms with van der Waals surface area (Å²) in [7, 11) is 0. The van der Waals surface area contributed by atoms with Crippen LogP contribution in [0.2, 0.25) is 0 Å². The minimum Gasteiger partial charge on any atom is -0.483 e. The summed E-state index contributed by atoms with van der Waals surface area (Å²) in [6.07, 6.45) is 3.90. The molecule has 116 valence electrons. The molecule has 0 bridgehead atoms. The number of hydrogen-bond donors (Lipinski definition) is 0. The molecule has 2 aromatic rings. The number of hydrogen-bond acceptors (Lipinski definition) is 3. The average molecular weight is 300 g/mol. The number of ether oxygens (including phenoxy) is 1. The van der Waals surface area contributed by atoms with Gasteiger partial charge in [0.2, 0.25) is 0 Å². The van der Waals surface area contributed by atoms with E-state index in [1.807, 2.05) is 17.9 Å². The number of carbonyl (C=O) groups is 1. The first kappa shape index (κ1) is 14.6. The molecule has 0 aliphatic carbocycles. The minimum atomic E-state index is -0.0312.